The Morgan fingerprint density at radius 1 is 1.33 bits per heavy atom. The van der Waals surface area contributed by atoms with Crippen molar-refractivity contribution in [2.45, 2.75) is 39.2 Å². The van der Waals surface area contributed by atoms with Crippen LogP contribution in [0.3, 0.4) is 0 Å². The molecule has 0 aliphatic carbocycles. The molecule has 0 bridgehead atoms. The van der Waals surface area contributed by atoms with E-state index in [1.165, 1.54) is 17.9 Å². The van der Waals surface area contributed by atoms with E-state index in [0.717, 1.165) is 6.42 Å². The minimum atomic E-state index is -0.927. The third kappa shape index (κ3) is 5.45. The number of esters is 1. The predicted octanol–water partition coefficient (Wildman–Crippen LogP) is 4.09. The summed E-state index contributed by atoms with van der Waals surface area (Å²) in [4.78, 5) is 25.0. The molecule has 1 atom stereocenters. The number of aryl methyl sites for hydroxylation is 2. The number of hydrogen-bond acceptors (Lipinski definition) is 4. The maximum absolute atomic E-state index is 13.5. The molecular weight excluding hydrogens is 329 g/mol. The summed E-state index contributed by atoms with van der Waals surface area (Å²) >= 11 is 1.65. The first-order valence-electron chi connectivity index (χ1n) is 7.74. The highest BCUT2D eigenvalue weighted by atomic mass is 32.1. The maximum Gasteiger partial charge on any atom is 0.306 e. The highest BCUT2D eigenvalue weighted by molar-refractivity contribution is 7.09. The van der Waals surface area contributed by atoms with Crippen LogP contribution in [0, 0.1) is 12.7 Å². The molecule has 1 heterocycles. The molecule has 6 heteroatoms. The second kappa shape index (κ2) is 8.59. The van der Waals surface area contributed by atoms with Gasteiger partial charge in [0.15, 0.2) is 6.10 Å². The molecule has 0 saturated heterocycles. The molecule has 128 valence electrons. The zero-order chi connectivity index (χ0) is 17.5. The number of carbonyl (C=O) groups is 2. The average molecular weight is 349 g/mol. The summed E-state index contributed by atoms with van der Waals surface area (Å²) < 4.78 is 18.6. The fraction of sp³-hybridized carbons (Fsp3) is 0.333. The normalized spacial score (nSPS) is 11.8. The molecule has 0 fully saturated rings. The van der Waals surface area contributed by atoms with Crippen LogP contribution >= 0.6 is 11.3 Å². The quantitative estimate of drug-likeness (QED) is 0.766. The van der Waals surface area contributed by atoms with E-state index in [4.69, 9.17) is 4.74 Å². The maximum atomic E-state index is 13.5. The standard InChI is InChI=1S/C18H20FNO3S/c1-12-8-9-14(11-16(12)19)20-18(22)13(2)23-17(21)7-3-5-15-6-4-10-24-15/h4,6,8-11,13H,3,5,7H2,1-2H3,(H,20,22)/t13-/m1/s1. The molecule has 1 amide bonds. The van der Waals surface area contributed by atoms with Crippen LogP contribution in [0.2, 0.25) is 0 Å². The summed E-state index contributed by atoms with van der Waals surface area (Å²) in [6, 6.07) is 8.41. The molecular formula is C18H20FNO3S. The van der Waals surface area contributed by atoms with Gasteiger partial charge in [-0.05, 0) is 55.8 Å². The third-order valence-electron chi connectivity index (χ3n) is 3.50. The molecule has 0 spiro atoms. The molecule has 0 aliphatic rings. The lowest BCUT2D eigenvalue weighted by Crippen LogP contribution is -2.30. The second-order valence-electron chi connectivity index (χ2n) is 5.52. The van der Waals surface area contributed by atoms with Crippen LogP contribution in [0.15, 0.2) is 35.7 Å². The van der Waals surface area contributed by atoms with Crippen LogP contribution in [0.5, 0.6) is 0 Å². The van der Waals surface area contributed by atoms with Crippen LogP contribution < -0.4 is 5.32 Å². The summed E-state index contributed by atoms with van der Waals surface area (Å²) in [5.74, 6) is -1.29. The number of amides is 1. The molecule has 1 aromatic heterocycles. The molecule has 0 unspecified atom stereocenters. The van der Waals surface area contributed by atoms with Crippen molar-refractivity contribution in [2.24, 2.45) is 0 Å². The monoisotopic (exact) mass is 349 g/mol. The molecule has 24 heavy (non-hydrogen) atoms. The zero-order valence-electron chi connectivity index (χ0n) is 13.7. The van der Waals surface area contributed by atoms with Gasteiger partial charge in [0, 0.05) is 17.0 Å². The topological polar surface area (TPSA) is 55.4 Å². The first kappa shape index (κ1) is 18.1. The van der Waals surface area contributed by atoms with Crippen molar-refractivity contribution in [1.29, 1.82) is 0 Å². The summed E-state index contributed by atoms with van der Waals surface area (Å²) in [5.41, 5.74) is 0.835. The minimum Gasteiger partial charge on any atom is -0.453 e. The zero-order valence-corrected chi connectivity index (χ0v) is 14.5. The number of carbonyl (C=O) groups excluding carboxylic acids is 2. The van der Waals surface area contributed by atoms with Crippen molar-refractivity contribution in [3.8, 4) is 0 Å². The Morgan fingerprint density at radius 3 is 2.79 bits per heavy atom. The van der Waals surface area contributed by atoms with Gasteiger partial charge in [-0.15, -0.1) is 11.3 Å². The molecule has 0 radical (unpaired) electrons. The van der Waals surface area contributed by atoms with Gasteiger partial charge in [0.2, 0.25) is 0 Å². The van der Waals surface area contributed by atoms with Crippen molar-refractivity contribution in [3.63, 3.8) is 0 Å². The molecule has 1 aromatic carbocycles. The van der Waals surface area contributed by atoms with E-state index in [-0.39, 0.29) is 6.42 Å². The molecule has 1 N–H and O–H groups in total. The van der Waals surface area contributed by atoms with Gasteiger partial charge in [0.1, 0.15) is 5.82 Å². The van der Waals surface area contributed by atoms with Gasteiger partial charge < -0.3 is 10.1 Å². The van der Waals surface area contributed by atoms with Crippen molar-refractivity contribution in [1.82, 2.24) is 0 Å². The Balaban J connectivity index is 1.75. The Bertz CT molecular complexity index is 700. The average Bonchev–Trinajstić information content (AvgIpc) is 3.04. The number of rotatable bonds is 7. The Labute approximate surface area is 144 Å². The van der Waals surface area contributed by atoms with Crippen LogP contribution in [0.4, 0.5) is 10.1 Å². The largest absolute Gasteiger partial charge is 0.453 e. The number of benzene rings is 1. The van der Waals surface area contributed by atoms with Crippen molar-refractivity contribution in [3.05, 3.63) is 52.0 Å². The molecule has 0 aliphatic heterocycles. The van der Waals surface area contributed by atoms with Crippen molar-refractivity contribution >= 4 is 28.9 Å². The Morgan fingerprint density at radius 2 is 2.12 bits per heavy atom. The Kier molecular flexibility index (Phi) is 6.49. The molecule has 2 aromatic rings. The van der Waals surface area contributed by atoms with Crippen LogP contribution in [-0.2, 0) is 20.7 Å². The van der Waals surface area contributed by atoms with Crippen LogP contribution in [0.1, 0.15) is 30.2 Å². The van der Waals surface area contributed by atoms with Gasteiger partial charge in [-0.1, -0.05) is 12.1 Å². The lowest BCUT2D eigenvalue weighted by molar-refractivity contribution is -0.153. The summed E-state index contributed by atoms with van der Waals surface area (Å²) in [6.45, 7) is 3.14. The summed E-state index contributed by atoms with van der Waals surface area (Å²) in [5, 5.41) is 4.53. The lowest BCUT2D eigenvalue weighted by Gasteiger charge is -2.13. The van der Waals surface area contributed by atoms with E-state index in [9.17, 15) is 14.0 Å². The van der Waals surface area contributed by atoms with Crippen molar-refractivity contribution in [2.75, 3.05) is 5.32 Å². The van der Waals surface area contributed by atoms with Gasteiger partial charge in [-0.25, -0.2) is 4.39 Å². The van der Waals surface area contributed by atoms with E-state index < -0.39 is 23.8 Å². The lowest BCUT2D eigenvalue weighted by atomic mass is 10.2. The van der Waals surface area contributed by atoms with Crippen molar-refractivity contribution < 1.29 is 18.7 Å². The smallest absolute Gasteiger partial charge is 0.306 e. The fourth-order valence-electron chi connectivity index (χ4n) is 2.09. The van der Waals surface area contributed by atoms with Gasteiger partial charge >= 0.3 is 5.97 Å². The highest BCUT2D eigenvalue weighted by Crippen LogP contribution is 2.15. The Hall–Kier alpha value is -2.21. The fourth-order valence-corrected chi connectivity index (χ4v) is 2.84. The second-order valence-corrected chi connectivity index (χ2v) is 6.55. The number of anilines is 1. The summed E-state index contributed by atoms with van der Waals surface area (Å²) in [7, 11) is 0. The van der Waals surface area contributed by atoms with E-state index in [0.29, 0.717) is 17.7 Å². The minimum absolute atomic E-state index is 0.259. The van der Waals surface area contributed by atoms with E-state index >= 15 is 0 Å². The first-order valence-corrected chi connectivity index (χ1v) is 8.62. The first-order chi connectivity index (χ1) is 11.5. The number of ether oxygens (including phenoxy) is 1. The number of halogens is 1. The van der Waals surface area contributed by atoms with E-state index in [1.54, 1.807) is 30.4 Å². The number of hydrogen-bond donors (Lipinski definition) is 1. The van der Waals surface area contributed by atoms with Crippen LogP contribution in [-0.4, -0.2) is 18.0 Å². The number of thiophene rings is 1. The molecule has 4 nitrogen and oxygen atoms in total. The van der Waals surface area contributed by atoms with Gasteiger partial charge in [-0.3, -0.25) is 9.59 Å². The molecule has 0 saturated carbocycles. The van der Waals surface area contributed by atoms with E-state index in [1.807, 2.05) is 17.5 Å². The van der Waals surface area contributed by atoms with Gasteiger partial charge in [0.05, 0.1) is 0 Å². The third-order valence-corrected chi connectivity index (χ3v) is 4.44. The van der Waals surface area contributed by atoms with Gasteiger partial charge in [-0.2, -0.15) is 0 Å². The molecule has 2 rings (SSSR count). The number of nitrogens with one attached hydrogen (secondary N) is 1. The van der Waals surface area contributed by atoms with Gasteiger partial charge in [0.25, 0.3) is 5.91 Å². The predicted molar refractivity (Wildman–Crippen MR) is 92.6 cm³/mol. The SMILES string of the molecule is Cc1ccc(NC(=O)[C@@H](C)OC(=O)CCCc2cccs2)cc1F. The van der Waals surface area contributed by atoms with Crippen LogP contribution in [0.25, 0.3) is 0 Å². The summed E-state index contributed by atoms with van der Waals surface area (Å²) in [6.07, 6.45) is 0.824. The van der Waals surface area contributed by atoms with E-state index in [2.05, 4.69) is 5.32 Å². The highest BCUT2D eigenvalue weighted by Gasteiger charge is 2.18.